The lowest BCUT2D eigenvalue weighted by Gasteiger charge is -2.30. The third kappa shape index (κ3) is 5.72. The molecule has 112 valence electrons. The van der Waals surface area contributed by atoms with Crippen LogP contribution < -0.4 is 10.6 Å². The molecule has 3 N–H and O–H groups in total. The summed E-state index contributed by atoms with van der Waals surface area (Å²) in [6.45, 7) is 8.07. The normalized spacial score (nSPS) is 12.1. The smallest absolute Gasteiger partial charge is 0.314 e. The summed E-state index contributed by atoms with van der Waals surface area (Å²) in [6.07, 6.45) is 4.00. The number of aliphatic carboxylic acids is 1. The van der Waals surface area contributed by atoms with E-state index >= 15 is 0 Å². The van der Waals surface area contributed by atoms with Crippen molar-refractivity contribution in [2.24, 2.45) is 5.41 Å². The number of thioether (sulfide) groups is 1. The average Bonchev–Trinajstić information content (AvgIpc) is 2.38. The van der Waals surface area contributed by atoms with Gasteiger partial charge < -0.3 is 15.7 Å². The fourth-order valence-electron chi connectivity index (χ4n) is 1.54. The SMILES string of the molecule is CCC(CC)(CNC(=O)NCC(C)(C)C(=O)O)SC. The van der Waals surface area contributed by atoms with E-state index in [1.165, 1.54) is 0 Å². The minimum Gasteiger partial charge on any atom is -0.481 e. The average molecular weight is 290 g/mol. The largest absolute Gasteiger partial charge is 0.481 e. The maximum absolute atomic E-state index is 11.7. The van der Waals surface area contributed by atoms with Gasteiger partial charge in [-0.3, -0.25) is 4.79 Å². The summed E-state index contributed by atoms with van der Waals surface area (Å²) in [4.78, 5) is 22.6. The lowest BCUT2D eigenvalue weighted by Crippen LogP contribution is -2.47. The second-order valence-corrected chi connectivity index (χ2v) is 6.59. The summed E-state index contributed by atoms with van der Waals surface area (Å²) < 4.78 is 0.0552. The summed E-state index contributed by atoms with van der Waals surface area (Å²) in [7, 11) is 0. The highest BCUT2D eigenvalue weighted by molar-refractivity contribution is 8.00. The summed E-state index contributed by atoms with van der Waals surface area (Å²) >= 11 is 1.75. The Morgan fingerprint density at radius 1 is 1.11 bits per heavy atom. The summed E-state index contributed by atoms with van der Waals surface area (Å²) in [5.41, 5.74) is -0.955. The van der Waals surface area contributed by atoms with Gasteiger partial charge in [0, 0.05) is 17.8 Å². The van der Waals surface area contributed by atoms with Crippen molar-refractivity contribution in [2.45, 2.75) is 45.3 Å². The van der Waals surface area contributed by atoms with Crippen molar-refractivity contribution >= 4 is 23.8 Å². The molecule has 0 aliphatic rings. The Balaban J connectivity index is 4.23. The Labute approximate surface area is 119 Å². The topological polar surface area (TPSA) is 78.4 Å². The summed E-state index contributed by atoms with van der Waals surface area (Å²) in [6, 6.07) is -0.311. The van der Waals surface area contributed by atoms with Crippen molar-refractivity contribution in [1.29, 1.82) is 0 Å². The van der Waals surface area contributed by atoms with Crippen LogP contribution in [-0.2, 0) is 4.79 Å². The minimum absolute atomic E-state index is 0.0552. The van der Waals surface area contributed by atoms with Crippen molar-refractivity contribution in [3.05, 3.63) is 0 Å². The van der Waals surface area contributed by atoms with Crippen molar-refractivity contribution < 1.29 is 14.7 Å². The van der Waals surface area contributed by atoms with Crippen LogP contribution in [0.5, 0.6) is 0 Å². The van der Waals surface area contributed by atoms with Crippen molar-refractivity contribution in [2.75, 3.05) is 19.3 Å². The van der Waals surface area contributed by atoms with Gasteiger partial charge in [0.1, 0.15) is 0 Å². The van der Waals surface area contributed by atoms with E-state index in [4.69, 9.17) is 5.11 Å². The highest BCUT2D eigenvalue weighted by Crippen LogP contribution is 2.29. The Morgan fingerprint density at radius 2 is 1.58 bits per heavy atom. The predicted molar refractivity (Wildman–Crippen MR) is 79.6 cm³/mol. The number of carboxylic acids is 1. The molecular formula is C13H26N2O3S. The van der Waals surface area contributed by atoms with Crippen LogP contribution in [-0.4, -0.2) is 41.2 Å². The number of carbonyl (C=O) groups is 2. The van der Waals surface area contributed by atoms with Crippen LogP contribution in [0, 0.1) is 5.41 Å². The number of carbonyl (C=O) groups excluding carboxylic acids is 1. The second kappa shape index (κ2) is 7.62. The molecule has 0 spiro atoms. The fourth-order valence-corrected chi connectivity index (χ4v) is 2.34. The number of urea groups is 1. The zero-order chi connectivity index (χ0) is 15.1. The molecule has 0 aromatic rings. The van der Waals surface area contributed by atoms with Crippen molar-refractivity contribution in [3.8, 4) is 0 Å². The van der Waals surface area contributed by atoms with Crippen LogP contribution in [0.3, 0.4) is 0 Å². The van der Waals surface area contributed by atoms with Gasteiger partial charge >= 0.3 is 12.0 Å². The molecule has 0 atom stereocenters. The molecule has 0 heterocycles. The van der Waals surface area contributed by atoms with Gasteiger partial charge in [0.05, 0.1) is 5.41 Å². The number of amides is 2. The molecule has 0 saturated heterocycles. The van der Waals surface area contributed by atoms with Gasteiger partial charge in [0.2, 0.25) is 0 Å². The maximum Gasteiger partial charge on any atom is 0.314 e. The van der Waals surface area contributed by atoms with E-state index in [0.717, 1.165) is 12.8 Å². The maximum atomic E-state index is 11.7. The van der Waals surface area contributed by atoms with E-state index in [-0.39, 0.29) is 17.3 Å². The first-order valence-corrected chi connectivity index (χ1v) is 7.75. The first-order chi connectivity index (χ1) is 8.73. The van der Waals surface area contributed by atoms with Crippen molar-refractivity contribution in [1.82, 2.24) is 10.6 Å². The van der Waals surface area contributed by atoms with Gasteiger partial charge in [-0.25, -0.2) is 4.79 Å². The molecule has 0 aromatic carbocycles. The number of hydrogen-bond donors (Lipinski definition) is 3. The quantitative estimate of drug-likeness (QED) is 0.641. The van der Waals surface area contributed by atoms with Crippen LogP contribution in [0.25, 0.3) is 0 Å². The first-order valence-electron chi connectivity index (χ1n) is 6.53. The molecule has 0 saturated carbocycles. The van der Waals surface area contributed by atoms with Gasteiger partial charge in [0.25, 0.3) is 0 Å². The third-order valence-corrected chi connectivity index (χ3v) is 5.15. The van der Waals surface area contributed by atoms with E-state index < -0.39 is 11.4 Å². The van der Waals surface area contributed by atoms with E-state index in [1.807, 2.05) is 6.26 Å². The second-order valence-electron chi connectivity index (χ2n) is 5.32. The van der Waals surface area contributed by atoms with Crippen molar-refractivity contribution in [3.63, 3.8) is 0 Å². The Bertz CT molecular complexity index is 307. The fraction of sp³-hybridized carbons (Fsp3) is 0.846. The monoisotopic (exact) mass is 290 g/mol. The highest BCUT2D eigenvalue weighted by atomic mass is 32.2. The van der Waals surface area contributed by atoms with Gasteiger partial charge in [-0.2, -0.15) is 11.8 Å². The number of nitrogens with one attached hydrogen (secondary N) is 2. The third-order valence-electron chi connectivity index (χ3n) is 3.56. The molecule has 0 fully saturated rings. The lowest BCUT2D eigenvalue weighted by molar-refractivity contribution is -0.146. The highest BCUT2D eigenvalue weighted by Gasteiger charge is 2.28. The van der Waals surface area contributed by atoms with Gasteiger partial charge in [-0.15, -0.1) is 0 Å². The summed E-state index contributed by atoms with van der Waals surface area (Å²) in [5, 5.41) is 14.4. The molecule has 0 aromatic heterocycles. The molecule has 2 amide bonds. The molecule has 5 nitrogen and oxygen atoms in total. The zero-order valence-electron chi connectivity index (χ0n) is 12.5. The standard InChI is InChI=1S/C13H26N2O3S/c1-6-13(7-2,19-5)9-15-11(18)14-8-12(3,4)10(16)17/h6-9H2,1-5H3,(H,16,17)(H2,14,15,18). The number of hydrogen-bond acceptors (Lipinski definition) is 3. The van der Waals surface area contributed by atoms with Crippen LogP contribution in [0.15, 0.2) is 0 Å². The van der Waals surface area contributed by atoms with Gasteiger partial charge in [-0.1, -0.05) is 13.8 Å². The van der Waals surface area contributed by atoms with E-state index in [1.54, 1.807) is 25.6 Å². The van der Waals surface area contributed by atoms with E-state index in [0.29, 0.717) is 6.54 Å². The minimum atomic E-state index is -0.955. The molecule has 6 heteroatoms. The van der Waals surface area contributed by atoms with Gasteiger partial charge in [-0.05, 0) is 32.9 Å². The first kappa shape index (κ1) is 18.1. The van der Waals surface area contributed by atoms with Crippen LogP contribution in [0.4, 0.5) is 4.79 Å². The van der Waals surface area contributed by atoms with Crippen LogP contribution >= 0.6 is 11.8 Å². The van der Waals surface area contributed by atoms with E-state index in [2.05, 4.69) is 24.5 Å². The molecule has 0 unspecified atom stereocenters. The molecule has 0 bridgehead atoms. The molecule has 19 heavy (non-hydrogen) atoms. The molecule has 0 rings (SSSR count). The van der Waals surface area contributed by atoms with Crippen LogP contribution in [0.2, 0.25) is 0 Å². The van der Waals surface area contributed by atoms with E-state index in [9.17, 15) is 9.59 Å². The Kier molecular flexibility index (Phi) is 7.26. The Morgan fingerprint density at radius 3 is 1.95 bits per heavy atom. The molecule has 0 aliphatic carbocycles. The lowest BCUT2D eigenvalue weighted by atomic mass is 9.94. The number of carboxylic acid groups (broad SMARTS) is 1. The van der Waals surface area contributed by atoms with Crippen LogP contribution in [0.1, 0.15) is 40.5 Å². The van der Waals surface area contributed by atoms with Gasteiger partial charge in [0.15, 0.2) is 0 Å². The number of rotatable bonds is 8. The molecular weight excluding hydrogens is 264 g/mol. The zero-order valence-corrected chi connectivity index (χ0v) is 13.3. The molecule has 0 radical (unpaired) electrons. The predicted octanol–water partition coefficient (Wildman–Crippen LogP) is 2.32. The Hall–Kier alpha value is -0.910. The molecule has 0 aliphatic heterocycles. The summed E-state index contributed by atoms with van der Waals surface area (Å²) in [5.74, 6) is -0.923.